The molecule has 0 unspecified atom stereocenters. The molecule has 0 fully saturated rings. The Morgan fingerprint density at radius 2 is 1.61 bits per heavy atom. The quantitative estimate of drug-likeness (QED) is 0.456. The van der Waals surface area contributed by atoms with Crippen LogP contribution in [0.3, 0.4) is 0 Å². The molecule has 5 nitrogen and oxygen atoms in total. The molecule has 0 bridgehead atoms. The van der Waals surface area contributed by atoms with Crippen molar-refractivity contribution in [2.24, 2.45) is 5.92 Å². The van der Waals surface area contributed by atoms with Gasteiger partial charge >= 0.3 is 0 Å². The first-order chi connectivity index (χ1) is 15.9. The molecule has 3 aromatic rings. The van der Waals surface area contributed by atoms with Crippen LogP contribution in [0.1, 0.15) is 37.0 Å². The van der Waals surface area contributed by atoms with Crippen LogP contribution >= 0.6 is 0 Å². The highest BCUT2D eigenvalue weighted by molar-refractivity contribution is 5.94. The van der Waals surface area contributed by atoms with Crippen molar-refractivity contribution in [3.63, 3.8) is 0 Å². The van der Waals surface area contributed by atoms with Gasteiger partial charge in [0.05, 0.1) is 20.1 Å². The predicted octanol–water partition coefficient (Wildman–Crippen LogP) is 5.76. The summed E-state index contributed by atoms with van der Waals surface area (Å²) >= 11 is 0. The van der Waals surface area contributed by atoms with Crippen molar-refractivity contribution in [1.29, 1.82) is 0 Å². The molecule has 0 atom stereocenters. The van der Waals surface area contributed by atoms with Crippen LogP contribution in [0.4, 0.5) is 11.4 Å². The van der Waals surface area contributed by atoms with Gasteiger partial charge in [-0.2, -0.15) is 0 Å². The summed E-state index contributed by atoms with van der Waals surface area (Å²) in [5, 5.41) is 2.90. The van der Waals surface area contributed by atoms with Crippen LogP contribution in [-0.4, -0.2) is 18.9 Å². The highest BCUT2D eigenvalue weighted by atomic mass is 16.5. The van der Waals surface area contributed by atoms with Crippen LogP contribution in [0.15, 0.2) is 72.8 Å². The highest BCUT2D eigenvalue weighted by Gasteiger charge is 2.18. The van der Waals surface area contributed by atoms with Crippen LogP contribution in [0.5, 0.6) is 5.75 Å². The molecular weight excluding hydrogens is 412 g/mol. The number of nitrogens with one attached hydrogen (secondary N) is 1. The van der Waals surface area contributed by atoms with Crippen molar-refractivity contribution in [3.8, 4) is 5.75 Å². The average Bonchev–Trinajstić information content (AvgIpc) is 2.79. The van der Waals surface area contributed by atoms with Gasteiger partial charge in [-0.25, -0.2) is 0 Å². The van der Waals surface area contributed by atoms with Crippen molar-refractivity contribution in [3.05, 3.63) is 89.5 Å². The van der Waals surface area contributed by atoms with E-state index in [0.29, 0.717) is 13.0 Å². The topological polar surface area (TPSA) is 58.6 Å². The zero-order valence-corrected chi connectivity index (χ0v) is 19.8. The van der Waals surface area contributed by atoms with Gasteiger partial charge in [-0.15, -0.1) is 0 Å². The van der Waals surface area contributed by atoms with E-state index in [-0.39, 0.29) is 24.2 Å². The third-order valence-electron chi connectivity index (χ3n) is 5.46. The first-order valence-corrected chi connectivity index (χ1v) is 11.2. The van der Waals surface area contributed by atoms with E-state index >= 15 is 0 Å². The van der Waals surface area contributed by atoms with E-state index in [1.165, 1.54) is 0 Å². The molecular formula is C28H32N2O3. The Morgan fingerprint density at radius 3 is 2.21 bits per heavy atom. The number of hydrogen-bond donors (Lipinski definition) is 1. The Morgan fingerprint density at radius 1 is 0.939 bits per heavy atom. The Bertz CT molecular complexity index is 1070. The van der Waals surface area contributed by atoms with Gasteiger partial charge in [-0.1, -0.05) is 50.2 Å². The number of hydrogen-bond acceptors (Lipinski definition) is 3. The Labute approximate surface area is 196 Å². The fraction of sp³-hybridized carbons (Fsp3) is 0.286. The number of amides is 2. The number of nitrogens with zero attached hydrogens (tertiary/aromatic N) is 1. The van der Waals surface area contributed by atoms with E-state index in [2.05, 4.69) is 24.4 Å². The van der Waals surface area contributed by atoms with Gasteiger partial charge in [0.1, 0.15) is 5.75 Å². The molecule has 0 aliphatic rings. The molecule has 5 heteroatoms. The molecule has 0 radical (unpaired) electrons. The molecule has 0 spiro atoms. The van der Waals surface area contributed by atoms with Crippen molar-refractivity contribution in [2.45, 2.75) is 40.2 Å². The molecule has 2 amide bonds. The second-order valence-corrected chi connectivity index (χ2v) is 8.62. The Hall–Kier alpha value is -3.60. The Balaban J connectivity index is 1.71. The maximum Gasteiger partial charge on any atom is 0.228 e. The lowest BCUT2D eigenvalue weighted by Gasteiger charge is -2.25. The summed E-state index contributed by atoms with van der Waals surface area (Å²) in [5.74, 6) is 1.02. The van der Waals surface area contributed by atoms with Gasteiger partial charge in [0, 0.05) is 17.8 Å². The molecule has 172 valence electrons. The number of ether oxygens (including phenoxy) is 1. The average molecular weight is 445 g/mol. The molecule has 0 aromatic heterocycles. The van der Waals surface area contributed by atoms with Crippen LogP contribution in [0.25, 0.3) is 0 Å². The summed E-state index contributed by atoms with van der Waals surface area (Å²) in [6, 6.07) is 23.0. The summed E-state index contributed by atoms with van der Waals surface area (Å²) in [4.78, 5) is 27.3. The van der Waals surface area contributed by atoms with Gasteiger partial charge in [0.2, 0.25) is 11.8 Å². The number of rotatable bonds is 9. The van der Waals surface area contributed by atoms with Gasteiger partial charge in [0.25, 0.3) is 0 Å². The van der Waals surface area contributed by atoms with Crippen LogP contribution in [0, 0.1) is 12.8 Å². The number of methoxy groups -OCH3 is 1. The highest BCUT2D eigenvalue weighted by Crippen LogP contribution is 2.22. The number of carbonyl (C=O) groups excluding carboxylic acids is 2. The summed E-state index contributed by atoms with van der Waals surface area (Å²) in [6.07, 6.45) is 0.738. The van der Waals surface area contributed by atoms with Crippen molar-refractivity contribution in [2.75, 3.05) is 17.3 Å². The molecule has 1 N–H and O–H groups in total. The fourth-order valence-electron chi connectivity index (χ4n) is 3.60. The molecule has 0 aliphatic heterocycles. The lowest BCUT2D eigenvalue weighted by atomic mass is 10.1. The second kappa shape index (κ2) is 11.3. The van der Waals surface area contributed by atoms with E-state index in [4.69, 9.17) is 4.74 Å². The molecule has 0 aliphatic carbocycles. The summed E-state index contributed by atoms with van der Waals surface area (Å²) in [6.45, 7) is 6.68. The first-order valence-electron chi connectivity index (χ1n) is 11.2. The van der Waals surface area contributed by atoms with E-state index in [9.17, 15) is 9.59 Å². The van der Waals surface area contributed by atoms with Crippen molar-refractivity contribution >= 4 is 23.2 Å². The number of aryl methyl sites for hydroxylation is 1. The summed E-state index contributed by atoms with van der Waals surface area (Å²) in [7, 11) is 1.61. The van der Waals surface area contributed by atoms with Crippen molar-refractivity contribution < 1.29 is 14.3 Å². The molecule has 3 aromatic carbocycles. The zero-order valence-electron chi connectivity index (χ0n) is 19.8. The van der Waals surface area contributed by atoms with E-state index in [0.717, 1.165) is 33.8 Å². The fourth-order valence-corrected chi connectivity index (χ4v) is 3.60. The van der Waals surface area contributed by atoms with E-state index < -0.39 is 0 Å². The smallest absolute Gasteiger partial charge is 0.228 e. The Kier molecular flexibility index (Phi) is 8.25. The second-order valence-electron chi connectivity index (χ2n) is 8.62. The minimum absolute atomic E-state index is 0.0956. The molecule has 0 saturated carbocycles. The van der Waals surface area contributed by atoms with Gasteiger partial charge < -0.3 is 15.0 Å². The summed E-state index contributed by atoms with van der Waals surface area (Å²) < 4.78 is 5.14. The predicted molar refractivity (Wildman–Crippen MR) is 134 cm³/mol. The van der Waals surface area contributed by atoms with Crippen LogP contribution < -0.4 is 15.0 Å². The number of anilines is 2. The lowest BCUT2D eigenvalue weighted by Crippen LogP contribution is -2.31. The van der Waals surface area contributed by atoms with E-state index in [1.54, 1.807) is 7.11 Å². The standard InChI is InChI=1S/C28H32N2O3/c1-20(2)17-28(32)30(19-23-8-6-5-7-21(23)3)25-13-9-22(10-14-25)18-27(31)29-24-11-15-26(33-4)16-12-24/h5-16,20H,17-19H2,1-4H3,(H,29,31). The van der Waals surface area contributed by atoms with Gasteiger partial charge in [-0.3, -0.25) is 9.59 Å². The molecule has 0 heterocycles. The third-order valence-corrected chi connectivity index (χ3v) is 5.46. The maximum absolute atomic E-state index is 13.0. The normalized spacial score (nSPS) is 10.7. The minimum Gasteiger partial charge on any atom is -0.497 e. The third kappa shape index (κ3) is 6.94. The molecule has 3 rings (SSSR count). The molecule has 0 saturated heterocycles. The number of carbonyl (C=O) groups is 2. The minimum atomic E-state index is -0.0967. The lowest BCUT2D eigenvalue weighted by molar-refractivity contribution is -0.119. The monoisotopic (exact) mass is 444 g/mol. The van der Waals surface area contributed by atoms with Gasteiger partial charge in [-0.05, 0) is 65.9 Å². The van der Waals surface area contributed by atoms with Crippen LogP contribution in [0.2, 0.25) is 0 Å². The maximum atomic E-state index is 13.0. The molecule has 33 heavy (non-hydrogen) atoms. The van der Waals surface area contributed by atoms with Crippen molar-refractivity contribution in [1.82, 2.24) is 0 Å². The number of benzene rings is 3. The van der Waals surface area contributed by atoms with Crippen LogP contribution in [-0.2, 0) is 22.6 Å². The first kappa shape index (κ1) is 24.1. The zero-order chi connectivity index (χ0) is 23.8. The van der Waals surface area contributed by atoms with E-state index in [1.807, 2.05) is 79.4 Å². The largest absolute Gasteiger partial charge is 0.497 e. The summed E-state index contributed by atoms with van der Waals surface area (Å²) in [5.41, 5.74) is 4.73. The van der Waals surface area contributed by atoms with Gasteiger partial charge in [0.15, 0.2) is 0 Å². The SMILES string of the molecule is COc1ccc(NC(=O)Cc2ccc(N(Cc3ccccc3C)C(=O)CC(C)C)cc2)cc1.